The van der Waals surface area contributed by atoms with E-state index < -0.39 is 12.3 Å². The Balaban J connectivity index is 1.50. The monoisotopic (exact) mass is 447 g/mol. The molecule has 2 N–H and O–H groups in total. The standard InChI is InChI=1S/C23H24F3N3O3/c24-23(25,26)32-20-8-4-1-5-16(20)13-29-10-9-15(12-22(30)31)17(14-29)11-21-27-18-6-2-3-7-19(18)28-21/h1-8,15,17H,9-14H2,(H,27,28)(H,30,31)/t15-,17-/m0/s1. The number of ether oxygens (including phenoxy) is 1. The van der Waals surface area contributed by atoms with Gasteiger partial charge in [0.25, 0.3) is 0 Å². The number of hydrogen-bond donors (Lipinski definition) is 2. The van der Waals surface area contributed by atoms with Gasteiger partial charge in [-0.25, -0.2) is 4.98 Å². The predicted molar refractivity (Wildman–Crippen MR) is 112 cm³/mol. The van der Waals surface area contributed by atoms with Gasteiger partial charge in [-0.3, -0.25) is 9.69 Å². The normalized spacial score (nSPS) is 19.8. The number of fused-ring (bicyclic) bond motifs is 1. The number of imidazole rings is 1. The fourth-order valence-corrected chi connectivity index (χ4v) is 4.47. The highest BCUT2D eigenvalue weighted by atomic mass is 19.4. The minimum Gasteiger partial charge on any atom is -0.481 e. The molecule has 0 aliphatic carbocycles. The van der Waals surface area contributed by atoms with Crippen molar-refractivity contribution in [1.82, 2.24) is 14.9 Å². The first kappa shape index (κ1) is 22.1. The Morgan fingerprint density at radius 2 is 1.91 bits per heavy atom. The summed E-state index contributed by atoms with van der Waals surface area (Å²) in [4.78, 5) is 21.4. The van der Waals surface area contributed by atoms with Crippen LogP contribution in [0.15, 0.2) is 48.5 Å². The summed E-state index contributed by atoms with van der Waals surface area (Å²) in [6, 6.07) is 13.8. The number of para-hydroxylation sites is 3. The summed E-state index contributed by atoms with van der Waals surface area (Å²) in [7, 11) is 0. The molecule has 9 heteroatoms. The van der Waals surface area contributed by atoms with Crippen LogP contribution in [0.4, 0.5) is 13.2 Å². The Labute approximate surface area is 183 Å². The lowest BCUT2D eigenvalue weighted by atomic mass is 9.81. The summed E-state index contributed by atoms with van der Waals surface area (Å²) in [5.74, 6) is -0.285. The second-order valence-corrected chi connectivity index (χ2v) is 8.20. The third-order valence-corrected chi connectivity index (χ3v) is 5.90. The van der Waals surface area contributed by atoms with Gasteiger partial charge in [-0.15, -0.1) is 13.2 Å². The van der Waals surface area contributed by atoms with Gasteiger partial charge in [-0.05, 0) is 43.0 Å². The fraction of sp³-hybridized carbons (Fsp3) is 0.391. The van der Waals surface area contributed by atoms with E-state index in [4.69, 9.17) is 0 Å². The third kappa shape index (κ3) is 5.59. The molecule has 1 aliphatic rings. The van der Waals surface area contributed by atoms with E-state index in [0.29, 0.717) is 38.0 Å². The number of carboxylic acid groups (broad SMARTS) is 1. The van der Waals surface area contributed by atoms with Crippen LogP contribution >= 0.6 is 0 Å². The molecule has 1 aliphatic heterocycles. The van der Waals surface area contributed by atoms with Crippen molar-refractivity contribution in [3.05, 3.63) is 59.9 Å². The Morgan fingerprint density at radius 3 is 2.66 bits per heavy atom. The minimum atomic E-state index is -4.76. The molecule has 0 spiro atoms. The zero-order valence-electron chi connectivity index (χ0n) is 17.3. The van der Waals surface area contributed by atoms with Gasteiger partial charge in [-0.2, -0.15) is 0 Å². The van der Waals surface area contributed by atoms with Crippen molar-refractivity contribution in [2.45, 2.75) is 32.2 Å². The second-order valence-electron chi connectivity index (χ2n) is 8.20. The molecule has 0 unspecified atom stereocenters. The average molecular weight is 447 g/mol. The summed E-state index contributed by atoms with van der Waals surface area (Å²) >= 11 is 0. The van der Waals surface area contributed by atoms with Gasteiger partial charge >= 0.3 is 12.3 Å². The van der Waals surface area contributed by atoms with E-state index in [-0.39, 0.29) is 24.0 Å². The molecule has 6 nitrogen and oxygen atoms in total. The highest BCUT2D eigenvalue weighted by molar-refractivity contribution is 5.74. The number of aliphatic carboxylic acids is 1. The number of aromatic nitrogens is 2. The molecule has 2 aromatic carbocycles. The molecule has 32 heavy (non-hydrogen) atoms. The van der Waals surface area contributed by atoms with E-state index in [1.807, 2.05) is 24.3 Å². The van der Waals surface area contributed by atoms with E-state index in [0.717, 1.165) is 16.9 Å². The molecular weight excluding hydrogens is 423 g/mol. The minimum absolute atomic E-state index is 0.0103. The number of likely N-dealkylation sites (tertiary alicyclic amines) is 1. The highest BCUT2D eigenvalue weighted by Crippen LogP contribution is 2.32. The molecule has 0 bridgehead atoms. The van der Waals surface area contributed by atoms with Crippen LogP contribution in [0.1, 0.15) is 24.2 Å². The van der Waals surface area contributed by atoms with Crippen LogP contribution in [0, 0.1) is 11.8 Å². The molecular formula is C23H24F3N3O3. The second kappa shape index (κ2) is 9.20. The fourth-order valence-electron chi connectivity index (χ4n) is 4.47. The zero-order valence-corrected chi connectivity index (χ0v) is 17.3. The van der Waals surface area contributed by atoms with Crippen molar-refractivity contribution >= 4 is 17.0 Å². The number of nitrogens with one attached hydrogen (secondary N) is 1. The maximum atomic E-state index is 12.8. The van der Waals surface area contributed by atoms with Crippen LogP contribution in [0.25, 0.3) is 11.0 Å². The van der Waals surface area contributed by atoms with Crippen LogP contribution in [0.5, 0.6) is 5.75 Å². The summed E-state index contributed by atoms with van der Waals surface area (Å²) in [6.07, 6.45) is -3.47. The number of hydrogen-bond acceptors (Lipinski definition) is 4. The van der Waals surface area contributed by atoms with E-state index >= 15 is 0 Å². The van der Waals surface area contributed by atoms with Gasteiger partial charge in [-0.1, -0.05) is 30.3 Å². The number of H-pyrrole nitrogens is 1. The number of carbonyl (C=O) groups is 1. The van der Waals surface area contributed by atoms with Gasteiger partial charge in [0, 0.05) is 31.5 Å². The van der Waals surface area contributed by atoms with Crippen LogP contribution in [-0.4, -0.2) is 45.4 Å². The number of rotatable bonds is 7. The number of piperidine rings is 1. The van der Waals surface area contributed by atoms with Gasteiger partial charge in [0.15, 0.2) is 0 Å². The molecule has 0 amide bonds. The molecule has 2 atom stereocenters. The summed E-state index contributed by atoms with van der Waals surface area (Å²) in [6.45, 7) is 1.47. The molecule has 4 rings (SSSR count). The topological polar surface area (TPSA) is 78.4 Å². The van der Waals surface area contributed by atoms with Crippen molar-refractivity contribution in [2.24, 2.45) is 11.8 Å². The first-order valence-electron chi connectivity index (χ1n) is 10.5. The molecule has 3 aromatic rings. The number of aromatic amines is 1. The average Bonchev–Trinajstić information content (AvgIpc) is 3.12. The maximum absolute atomic E-state index is 12.8. The largest absolute Gasteiger partial charge is 0.573 e. The van der Waals surface area contributed by atoms with Crippen LogP contribution in [0.2, 0.25) is 0 Å². The molecule has 1 saturated heterocycles. The molecule has 170 valence electrons. The number of halogens is 3. The molecule has 1 aromatic heterocycles. The van der Waals surface area contributed by atoms with Crippen molar-refractivity contribution < 1.29 is 27.8 Å². The van der Waals surface area contributed by atoms with Gasteiger partial charge in [0.05, 0.1) is 11.0 Å². The quantitative estimate of drug-likeness (QED) is 0.553. The summed E-state index contributed by atoms with van der Waals surface area (Å²) in [5, 5.41) is 9.35. The Morgan fingerprint density at radius 1 is 1.16 bits per heavy atom. The van der Waals surface area contributed by atoms with Crippen molar-refractivity contribution in [1.29, 1.82) is 0 Å². The van der Waals surface area contributed by atoms with Crippen LogP contribution < -0.4 is 4.74 Å². The highest BCUT2D eigenvalue weighted by Gasteiger charge is 2.34. The lowest BCUT2D eigenvalue weighted by Gasteiger charge is -2.38. The van der Waals surface area contributed by atoms with E-state index in [9.17, 15) is 23.1 Å². The molecule has 0 radical (unpaired) electrons. The molecule has 1 fully saturated rings. The van der Waals surface area contributed by atoms with E-state index in [2.05, 4.69) is 19.6 Å². The van der Waals surface area contributed by atoms with E-state index in [1.54, 1.807) is 12.1 Å². The Kier molecular flexibility index (Phi) is 6.36. The Bertz CT molecular complexity index is 1050. The van der Waals surface area contributed by atoms with Gasteiger partial charge in [0.2, 0.25) is 0 Å². The van der Waals surface area contributed by atoms with E-state index in [1.165, 1.54) is 12.1 Å². The van der Waals surface area contributed by atoms with Crippen LogP contribution in [-0.2, 0) is 17.8 Å². The third-order valence-electron chi connectivity index (χ3n) is 5.90. The molecule has 0 saturated carbocycles. The lowest BCUT2D eigenvalue weighted by molar-refractivity contribution is -0.275. The number of alkyl halides is 3. The smallest absolute Gasteiger partial charge is 0.481 e. The summed E-state index contributed by atoms with van der Waals surface area (Å²) < 4.78 is 42.5. The van der Waals surface area contributed by atoms with Gasteiger partial charge < -0.3 is 14.8 Å². The SMILES string of the molecule is O=C(O)C[C@@H]1CCN(Cc2ccccc2OC(F)(F)F)C[C@@H]1Cc1nc2ccccc2[nH]1. The predicted octanol–water partition coefficient (Wildman–Crippen LogP) is 4.62. The molecule has 2 heterocycles. The number of benzene rings is 2. The van der Waals surface area contributed by atoms with Crippen LogP contribution in [0.3, 0.4) is 0 Å². The first-order valence-corrected chi connectivity index (χ1v) is 10.5. The zero-order chi connectivity index (χ0) is 22.7. The number of nitrogens with zero attached hydrogens (tertiary/aromatic N) is 2. The van der Waals surface area contributed by atoms with Gasteiger partial charge in [0.1, 0.15) is 11.6 Å². The summed E-state index contributed by atoms with van der Waals surface area (Å²) in [5.41, 5.74) is 2.22. The first-order chi connectivity index (χ1) is 15.3. The van der Waals surface area contributed by atoms with Crippen molar-refractivity contribution in [3.8, 4) is 5.75 Å². The maximum Gasteiger partial charge on any atom is 0.573 e. The number of carboxylic acids is 1. The lowest BCUT2D eigenvalue weighted by Crippen LogP contribution is -2.41. The van der Waals surface area contributed by atoms with Crippen molar-refractivity contribution in [3.63, 3.8) is 0 Å². The van der Waals surface area contributed by atoms with Crippen molar-refractivity contribution in [2.75, 3.05) is 13.1 Å². The Hall–Kier alpha value is -3.07.